The van der Waals surface area contributed by atoms with Crippen LogP contribution >= 0.6 is 11.3 Å². The Morgan fingerprint density at radius 3 is 2.56 bits per heavy atom. The van der Waals surface area contributed by atoms with Gasteiger partial charge in [-0.15, -0.1) is 11.3 Å². The fourth-order valence-corrected chi connectivity index (χ4v) is 3.66. The maximum absolute atomic E-state index is 5.43. The Morgan fingerprint density at radius 1 is 1.38 bits per heavy atom. The molecule has 1 saturated heterocycles. The summed E-state index contributed by atoms with van der Waals surface area (Å²) >= 11 is 1.94. The van der Waals surface area contributed by atoms with Gasteiger partial charge in [-0.2, -0.15) is 0 Å². The average Bonchev–Trinajstić information content (AvgIpc) is 2.61. The molecule has 3 heteroatoms. The Morgan fingerprint density at radius 2 is 2.06 bits per heavy atom. The third kappa shape index (κ3) is 2.47. The summed E-state index contributed by atoms with van der Waals surface area (Å²) in [6, 6.07) is 2.86. The van der Waals surface area contributed by atoms with Gasteiger partial charge in [0.25, 0.3) is 0 Å². The van der Waals surface area contributed by atoms with Crippen LogP contribution in [0.1, 0.15) is 34.2 Å². The van der Waals surface area contributed by atoms with Gasteiger partial charge in [-0.25, -0.2) is 0 Å². The maximum Gasteiger partial charge on any atom is 0.0469 e. The van der Waals surface area contributed by atoms with Crippen LogP contribution in [-0.2, 0) is 4.74 Å². The van der Waals surface area contributed by atoms with Crippen LogP contribution in [0.2, 0.25) is 0 Å². The summed E-state index contributed by atoms with van der Waals surface area (Å²) < 4.78 is 5.43. The number of aryl methyl sites for hydroxylation is 2. The number of nitrogens with one attached hydrogen (secondary N) is 1. The highest BCUT2D eigenvalue weighted by Gasteiger charge is 2.25. The molecule has 1 aromatic rings. The first-order valence-electron chi connectivity index (χ1n) is 6.04. The van der Waals surface area contributed by atoms with Gasteiger partial charge >= 0.3 is 0 Å². The van der Waals surface area contributed by atoms with Crippen molar-refractivity contribution in [1.82, 2.24) is 5.32 Å². The van der Waals surface area contributed by atoms with E-state index in [-0.39, 0.29) is 0 Å². The van der Waals surface area contributed by atoms with Crippen LogP contribution in [0.4, 0.5) is 0 Å². The van der Waals surface area contributed by atoms with Crippen molar-refractivity contribution in [2.24, 2.45) is 5.92 Å². The quantitative estimate of drug-likeness (QED) is 0.875. The minimum atomic E-state index is 0.515. The minimum absolute atomic E-state index is 0.515. The second-order valence-electron chi connectivity index (χ2n) is 4.60. The van der Waals surface area contributed by atoms with E-state index in [0.717, 1.165) is 19.1 Å². The normalized spacial score (nSPS) is 19.9. The molecular weight excluding hydrogens is 218 g/mol. The molecule has 0 bridgehead atoms. The molecule has 1 aromatic heterocycles. The van der Waals surface area contributed by atoms with E-state index in [1.165, 1.54) is 28.2 Å². The van der Waals surface area contributed by atoms with Crippen molar-refractivity contribution in [2.75, 3.05) is 20.3 Å². The van der Waals surface area contributed by atoms with Gasteiger partial charge in [0.15, 0.2) is 0 Å². The summed E-state index contributed by atoms with van der Waals surface area (Å²) in [6.07, 6.45) is 2.36. The van der Waals surface area contributed by atoms with Gasteiger partial charge in [-0.3, -0.25) is 0 Å². The summed E-state index contributed by atoms with van der Waals surface area (Å²) in [5.41, 5.74) is 1.42. The topological polar surface area (TPSA) is 21.3 Å². The molecule has 2 nitrogen and oxygen atoms in total. The highest BCUT2D eigenvalue weighted by molar-refractivity contribution is 7.12. The van der Waals surface area contributed by atoms with E-state index in [1.807, 2.05) is 11.3 Å². The Labute approximate surface area is 102 Å². The standard InChI is InChI=1S/C13H21NOS/c1-9-8-12(16-10(9)2)13(14-3)11-4-6-15-7-5-11/h8,11,13-14H,4-7H2,1-3H3. The van der Waals surface area contributed by atoms with Crippen molar-refractivity contribution in [3.8, 4) is 0 Å². The van der Waals surface area contributed by atoms with Crippen LogP contribution in [0.25, 0.3) is 0 Å². The summed E-state index contributed by atoms with van der Waals surface area (Å²) in [7, 11) is 2.07. The van der Waals surface area contributed by atoms with E-state index in [2.05, 4.69) is 32.3 Å². The average molecular weight is 239 g/mol. The molecule has 1 aliphatic heterocycles. The van der Waals surface area contributed by atoms with Gasteiger partial charge < -0.3 is 10.1 Å². The van der Waals surface area contributed by atoms with E-state index in [9.17, 15) is 0 Å². The predicted octanol–water partition coefficient (Wildman–Crippen LogP) is 3.05. The van der Waals surface area contributed by atoms with Crippen LogP contribution in [0.15, 0.2) is 6.07 Å². The smallest absolute Gasteiger partial charge is 0.0469 e. The number of rotatable bonds is 3. The highest BCUT2D eigenvalue weighted by Crippen LogP contribution is 2.34. The zero-order valence-electron chi connectivity index (χ0n) is 10.4. The summed E-state index contributed by atoms with van der Waals surface area (Å²) in [4.78, 5) is 2.94. The summed E-state index contributed by atoms with van der Waals surface area (Å²) in [6.45, 7) is 6.25. The molecule has 1 unspecified atom stereocenters. The van der Waals surface area contributed by atoms with E-state index in [0.29, 0.717) is 6.04 Å². The number of ether oxygens (including phenoxy) is 1. The largest absolute Gasteiger partial charge is 0.381 e. The van der Waals surface area contributed by atoms with Crippen molar-refractivity contribution in [3.05, 3.63) is 21.4 Å². The second-order valence-corrected chi connectivity index (χ2v) is 5.89. The molecule has 0 amide bonds. The number of hydrogen-bond acceptors (Lipinski definition) is 3. The molecule has 16 heavy (non-hydrogen) atoms. The number of hydrogen-bond donors (Lipinski definition) is 1. The van der Waals surface area contributed by atoms with Crippen LogP contribution in [0, 0.1) is 19.8 Å². The number of thiophene rings is 1. The monoisotopic (exact) mass is 239 g/mol. The third-order valence-electron chi connectivity index (χ3n) is 3.54. The SMILES string of the molecule is CNC(c1cc(C)c(C)s1)C1CCOCC1. The second kappa shape index (κ2) is 5.30. The zero-order valence-corrected chi connectivity index (χ0v) is 11.2. The molecule has 1 aliphatic rings. The predicted molar refractivity (Wildman–Crippen MR) is 69.1 cm³/mol. The fourth-order valence-electron chi connectivity index (χ4n) is 2.41. The molecule has 0 aliphatic carbocycles. The minimum Gasteiger partial charge on any atom is -0.381 e. The zero-order chi connectivity index (χ0) is 11.5. The van der Waals surface area contributed by atoms with Gasteiger partial charge in [0.05, 0.1) is 0 Å². The van der Waals surface area contributed by atoms with Gasteiger partial charge in [-0.05, 0) is 51.3 Å². The molecule has 2 rings (SSSR count). The Balaban J connectivity index is 2.14. The van der Waals surface area contributed by atoms with Crippen LogP contribution in [0.5, 0.6) is 0 Å². The van der Waals surface area contributed by atoms with Gasteiger partial charge in [0.1, 0.15) is 0 Å². The first-order chi connectivity index (χ1) is 7.72. The summed E-state index contributed by atoms with van der Waals surface area (Å²) in [5, 5.41) is 3.48. The molecule has 90 valence electrons. The first kappa shape index (κ1) is 12.1. The van der Waals surface area contributed by atoms with Crippen molar-refractivity contribution in [1.29, 1.82) is 0 Å². The van der Waals surface area contributed by atoms with E-state index in [4.69, 9.17) is 4.74 Å². The summed E-state index contributed by atoms with van der Waals surface area (Å²) in [5.74, 6) is 0.733. The van der Waals surface area contributed by atoms with Crippen LogP contribution in [-0.4, -0.2) is 20.3 Å². The van der Waals surface area contributed by atoms with Crippen LogP contribution in [0.3, 0.4) is 0 Å². The molecule has 2 heterocycles. The Hall–Kier alpha value is -0.380. The molecule has 0 spiro atoms. The fraction of sp³-hybridized carbons (Fsp3) is 0.692. The third-order valence-corrected chi connectivity index (χ3v) is 4.78. The lowest BCUT2D eigenvalue weighted by Gasteiger charge is -2.29. The van der Waals surface area contributed by atoms with Gasteiger partial charge in [-0.1, -0.05) is 0 Å². The van der Waals surface area contributed by atoms with Crippen molar-refractivity contribution in [2.45, 2.75) is 32.7 Å². The van der Waals surface area contributed by atoms with E-state index >= 15 is 0 Å². The lowest BCUT2D eigenvalue weighted by molar-refractivity contribution is 0.0550. The molecule has 1 atom stereocenters. The van der Waals surface area contributed by atoms with Crippen molar-refractivity contribution < 1.29 is 4.74 Å². The lowest BCUT2D eigenvalue weighted by Crippen LogP contribution is -2.29. The van der Waals surface area contributed by atoms with E-state index in [1.54, 1.807) is 0 Å². The molecule has 1 fully saturated rings. The van der Waals surface area contributed by atoms with Crippen molar-refractivity contribution in [3.63, 3.8) is 0 Å². The Kier molecular flexibility index (Phi) is 4.00. The molecule has 1 N–H and O–H groups in total. The lowest BCUT2D eigenvalue weighted by atomic mass is 9.90. The highest BCUT2D eigenvalue weighted by atomic mass is 32.1. The van der Waals surface area contributed by atoms with Gasteiger partial charge in [0, 0.05) is 29.0 Å². The Bertz CT molecular complexity index is 322. The van der Waals surface area contributed by atoms with Crippen LogP contribution < -0.4 is 5.32 Å². The van der Waals surface area contributed by atoms with E-state index < -0.39 is 0 Å². The molecule has 0 radical (unpaired) electrons. The van der Waals surface area contributed by atoms with Gasteiger partial charge in [0.2, 0.25) is 0 Å². The first-order valence-corrected chi connectivity index (χ1v) is 6.86. The van der Waals surface area contributed by atoms with Crippen molar-refractivity contribution >= 4 is 11.3 Å². The molecule has 0 aromatic carbocycles. The maximum atomic E-state index is 5.43. The molecular formula is C13H21NOS. The molecule has 0 saturated carbocycles.